The second-order valence-electron chi connectivity index (χ2n) is 8.42. The maximum Gasteiger partial charge on any atom is 0.344 e. The first kappa shape index (κ1) is 26.0. The minimum atomic E-state index is -1.17. The molecule has 0 bridgehead atoms. The van der Waals surface area contributed by atoms with Crippen molar-refractivity contribution in [1.82, 2.24) is 9.66 Å². The van der Waals surface area contributed by atoms with Gasteiger partial charge in [-0.2, -0.15) is 9.78 Å². The standard InChI is InChI=1S/C28H22BrN3O7/c1-15(28(34)35)38-25-16(11-17(29)12-23(25)37-3)14-30-32-26(31-20-8-5-4-7-18(20)27(32)33)24-13-19-21(36-2)9-6-10-22(19)39-24/h4-15H,1-3H3,(H,34,35)/t15-/m1/s1. The van der Waals surface area contributed by atoms with Crippen LogP contribution in [0.15, 0.2) is 79.4 Å². The molecule has 0 saturated heterocycles. The van der Waals surface area contributed by atoms with Gasteiger partial charge in [-0.15, -0.1) is 0 Å². The van der Waals surface area contributed by atoms with E-state index in [1.807, 2.05) is 0 Å². The molecule has 0 aliphatic heterocycles. The smallest absolute Gasteiger partial charge is 0.344 e. The third-order valence-electron chi connectivity index (χ3n) is 5.94. The zero-order valence-electron chi connectivity index (χ0n) is 21.0. The molecule has 10 nitrogen and oxygen atoms in total. The summed E-state index contributed by atoms with van der Waals surface area (Å²) in [5.41, 5.74) is 0.964. The van der Waals surface area contributed by atoms with Crippen LogP contribution >= 0.6 is 15.9 Å². The van der Waals surface area contributed by atoms with Gasteiger partial charge in [0.1, 0.15) is 11.3 Å². The van der Waals surface area contributed by atoms with Crippen LogP contribution in [-0.2, 0) is 4.79 Å². The molecule has 0 radical (unpaired) electrons. The molecule has 2 heterocycles. The van der Waals surface area contributed by atoms with Gasteiger partial charge in [-0.05, 0) is 49.4 Å². The van der Waals surface area contributed by atoms with Crippen molar-refractivity contribution < 1.29 is 28.5 Å². The number of carboxylic acids is 1. The van der Waals surface area contributed by atoms with E-state index < -0.39 is 17.6 Å². The first-order chi connectivity index (χ1) is 18.8. The van der Waals surface area contributed by atoms with E-state index in [-0.39, 0.29) is 17.3 Å². The van der Waals surface area contributed by atoms with Crippen LogP contribution in [0.4, 0.5) is 0 Å². The van der Waals surface area contributed by atoms with Crippen LogP contribution in [0.5, 0.6) is 17.2 Å². The first-order valence-electron chi connectivity index (χ1n) is 11.7. The molecule has 0 aliphatic rings. The van der Waals surface area contributed by atoms with Crippen molar-refractivity contribution in [2.45, 2.75) is 13.0 Å². The predicted molar refractivity (Wildman–Crippen MR) is 149 cm³/mol. The van der Waals surface area contributed by atoms with Gasteiger partial charge in [0.25, 0.3) is 5.56 Å². The van der Waals surface area contributed by atoms with E-state index in [0.717, 1.165) is 4.68 Å². The van der Waals surface area contributed by atoms with Gasteiger partial charge in [0.15, 0.2) is 23.4 Å². The average molecular weight is 592 g/mol. The molecule has 1 atom stereocenters. The number of nitrogens with zero attached hydrogens (tertiary/aromatic N) is 3. The number of furan rings is 1. The lowest BCUT2D eigenvalue weighted by Gasteiger charge is -2.16. The SMILES string of the molecule is COc1cc(Br)cc(C=Nn2c(-c3cc4c(OC)cccc4o3)nc3ccccc3c2=O)c1O[C@H](C)C(=O)O. The van der Waals surface area contributed by atoms with Crippen molar-refractivity contribution in [3.8, 4) is 28.8 Å². The van der Waals surface area contributed by atoms with Crippen molar-refractivity contribution in [3.05, 3.63) is 81.1 Å². The lowest BCUT2D eigenvalue weighted by molar-refractivity contribution is -0.144. The van der Waals surface area contributed by atoms with Crippen LogP contribution < -0.4 is 19.8 Å². The summed E-state index contributed by atoms with van der Waals surface area (Å²) in [6.07, 6.45) is 0.209. The molecule has 0 fully saturated rings. The van der Waals surface area contributed by atoms with E-state index in [4.69, 9.17) is 18.6 Å². The third kappa shape index (κ3) is 4.96. The summed E-state index contributed by atoms with van der Waals surface area (Å²) in [5.74, 6) is 0.356. The van der Waals surface area contributed by atoms with Crippen LogP contribution in [0.25, 0.3) is 33.5 Å². The quantitative estimate of drug-likeness (QED) is 0.240. The Hall–Kier alpha value is -4.64. The molecule has 0 amide bonds. The summed E-state index contributed by atoms with van der Waals surface area (Å²) in [6, 6.07) is 17.4. The number of ether oxygens (including phenoxy) is 3. The van der Waals surface area contributed by atoms with E-state index in [2.05, 4.69) is 26.0 Å². The van der Waals surface area contributed by atoms with Crippen LogP contribution in [-0.4, -0.2) is 47.3 Å². The number of benzene rings is 3. The molecule has 0 saturated carbocycles. The number of aliphatic carboxylic acids is 1. The Morgan fingerprint density at radius 3 is 2.59 bits per heavy atom. The number of aromatic nitrogens is 2. The zero-order chi connectivity index (χ0) is 27.7. The highest BCUT2D eigenvalue weighted by molar-refractivity contribution is 9.10. The molecular formula is C28H22BrN3O7. The van der Waals surface area contributed by atoms with Gasteiger partial charge in [-0.1, -0.05) is 34.1 Å². The van der Waals surface area contributed by atoms with E-state index in [1.165, 1.54) is 20.2 Å². The average Bonchev–Trinajstić information content (AvgIpc) is 3.37. The summed E-state index contributed by atoms with van der Waals surface area (Å²) < 4.78 is 24.4. The highest BCUT2D eigenvalue weighted by atomic mass is 79.9. The number of methoxy groups -OCH3 is 2. The largest absolute Gasteiger partial charge is 0.496 e. The normalized spacial score (nSPS) is 12.2. The monoisotopic (exact) mass is 591 g/mol. The summed E-state index contributed by atoms with van der Waals surface area (Å²) in [5, 5.41) is 14.9. The molecule has 5 rings (SSSR count). The minimum absolute atomic E-state index is 0.149. The van der Waals surface area contributed by atoms with E-state index in [1.54, 1.807) is 67.8 Å². The van der Waals surface area contributed by atoms with Gasteiger partial charge in [0, 0.05) is 10.0 Å². The molecule has 11 heteroatoms. The number of halogens is 1. The maximum absolute atomic E-state index is 13.6. The van der Waals surface area contributed by atoms with E-state index >= 15 is 0 Å². The molecule has 5 aromatic rings. The highest BCUT2D eigenvalue weighted by Gasteiger charge is 2.21. The number of para-hydroxylation sites is 1. The maximum atomic E-state index is 13.6. The van der Waals surface area contributed by atoms with Crippen molar-refractivity contribution in [3.63, 3.8) is 0 Å². The number of fused-ring (bicyclic) bond motifs is 2. The molecule has 39 heavy (non-hydrogen) atoms. The van der Waals surface area contributed by atoms with Crippen molar-refractivity contribution in [1.29, 1.82) is 0 Å². The Balaban J connectivity index is 1.72. The van der Waals surface area contributed by atoms with Crippen LogP contribution in [0.1, 0.15) is 12.5 Å². The highest BCUT2D eigenvalue weighted by Crippen LogP contribution is 2.36. The summed E-state index contributed by atoms with van der Waals surface area (Å²) in [7, 11) is 3.00. The Morgan fingerprint density at radius 2 is 1.85 bits per heavy atom. The van der Waals surface area contributed by atoms with Gasteiger partial charge in [-0.3, -0.25) is 4.79 Å². The topological polar surface area (TPSA) is 125 Å². The fourth-order valence-electron chi connectivity index (χ4n) is 4.02. The fraction of sp³-hybridized carbons (Fsp3) is 0.143. The van der Waals surface area contributed by atoms with Crippen molar-refractivity contribution in [2.24, 2.45) is 5.10 Å². The Kier molecular flexibility index (Phi) is 7.07. The minimum Gasteiger partial charge on any atom is -0.496 e. The number of carbonyl (C=O) groups is 1. The summed E-state index contributed by atoms with van der Waals surface area (Å²) >= 11 is 3.42. The number of hydrogen-bond donors (Lipinski definition) is 1. The Labute approximate surface area is 230 Å². The molecule has 198 valence electrons. The molecule has 1 N–H and O–H groups in total. The number of rotatable bonds is 8. The molecule has 0 spiro atoms. The molecule has 2 aromatic heterocycles. The second kappa shape index (κ2) is 10.6. The zero-order valence-corrected chi connectivity index (χ0v) is 22.6. The Bertz CT molecular complexity index is 1810. The fourth-order valence-corrected chi connectivity index (χ4v) is 4.48. The molecular weight excluding hydrogens is 570 g/mol. The number of carboxylic acid groups (broad SMARTS) is 1. The Morgan fingerprint density at radius 1 is 1.08 bits per heavy atom. The molecule has 0 unspecified atom stereocenters. The lowest BCUT2D eigenvalue weighted by Crippen LogP contribution is -2.24. The van der Waals surface area contributed by atoms with Crippen molar-refractivity contribution >= 4 is 50.0 Å². The third-order valence-corrected chi connectivity index (χ3v) is 6.40. The van der Waals surface area contributed by atoms with E-state index in [9.17, 15) is 14.7 Å². The summed E-state index contributed by atoms with van der Waals surface area (Å²) in [4.78, 5) is 29.8. The molecule has 0 aliphatic carbocycles. The van der Waals surface area contributed by atoms with Crippen LogP contribution in [0.2, 0.25) is 0 Å². The summed E-state index contributed by atoms with van der Waals surface area (Å²) in [6.45, 7) is 1.40. The van der Waals surface area contributed by atoms with E-state index in [0.29, 0.717) is 43.4 Å². The van der Waals surface area contributed by atoms with Gasteiger partial charge < -0.3 is 23.7 Å². The molecule has 3 aromatic carbocycles. The second-order valence-corrected chi connectivity index (χ2v) is 9.34. The first-order valence-corrected chi connectivity index (χ1v) is 12.5. The van der Waals surface area contributed by atoms with Gasteiger partial charge in [-0.25, -0.2) is 9.78 Å². The van der Waals surface area contributed by atoms with Crippen molar-refractivity contribution in [2.75, 3.05) is 14.2 Å². The van der Waals surface area contributed by atoms with Gasteiger partial charge in [0.2, 0.25) is 5.82 Å². The van der Waals surface area contributed by atoms with Gasteiger partial charge >= 0.3 is 5.97 Å². The number of hydrogen-bond acceptors (Lipinski definition) is 8. The van der Waals surface area contributed by atoms with Crippen LogP contribution in [0, 0.1) is 0 Å². The predicted octanol–water partition coefficient (Wildman–Crippen LogP) is 5.32. The lowest BCUT2D eigenvalue weighted by atomic mass is 10.2. The van der Waals surface area contributed by atoms with Crippen LogP contribution in [0.3, 0.4) is 0 Å². The van der Waals surface area contributed by atoms with Gasteiger partial charge in [0.05, 0.1) is 36.7 Å².